The van der Waals surface area contributed by atoms with E-state index in [-0.39, 0.29) is 17.7 Å². The second kappa shape index (κ2) is 7.36. The summed E-state index contributed by atoms with van der Waals surface area (Å²) < 4.78 is 31.8. The van der Waals surface area contributed by atoms with Crippen LogP contribution in [0.5, 0.6) is 0 Å². The molecular weight excluding hydrogens is 414 g/mol. The van der Waals surface area contributed by atoms with Gasteiger partial charge in [0.15, 0.2) is 16.3 Å². The SMILES string of the molecule is CC(C)S(=O)(=O)N1CCc2nc(NC(=O)c3cc(=O)c4ccccc4o3)sc2C1. The third kappa shape index (κ3) is 3.70. The molecule has 1 amide bonds. The van der Waals surface area contributed by atoms with Crippen LogP contribution in [-0.2, 0) is 23.0 Å². The number of thiazole rings is 1. The van der Waals surface area contributed by atoms with E-state index in [2.05, 4.69) is 10.3 Å². The number of amides is 1. The van der Waals surface area contributed by atoms with Gasteiger partial charge in [-0.3, -0.25) is 14.9 Å². The molecule has 29 heavy (non-hydrogen) atoms. The van der Waals surface area contributed by atoms with Crippen LogP contribution < -0.4 is 10.7 Å². The second-order valence-corrected chi connectivity index (χ2v) is 10.6. The number of carbonyl (C=O) groups is 1. The highest BCUT2D eigenvalue weighted by Gasteiger charge is 2.31. The highest BCUT2D eigenvalue weighted by molar-refractivity contribution is 7.89. The summed E-state index contributed by atoms with van der Waals surface area (Å²) in [6, 6.07) is 7.86. The molecule has 0 unspecified atom stereocenters. The van der Waals surface area contributed by atoms with Crippen LogP contribution in [0.4, 0.5) is 5.13 Å². The van der Waals surface area contributed by atoms with Crippen molar-refractivity contribution in [3.05, 3.63) is 56.9 Å². The number of aromatic nitrogens is 1. The Morgan fingerprint density at radius 1 is 1.31 bits per heavy atom. The molecule has 152 valence electrons. The minimum Gasteiger partial charge on any atom is -0.451 e. The molecule has 0 spiro atoms. The number of hydrogen-bond acceptors (Lipinski definition) is 7. The zero-order valence-corrected chi connectivity index (χ0v) is 17.5. The van der Waals surface area contributed by atoms with E-state index >= 15 is 0 Å². The third-order valence-electron chi connectivity index (χ3n) is 4.73. The van der Waals surface area contributed by atoms with E-state index in [0.717, 1.165) is 16.6 Å². The second-order valence-electron chi connectivity index (χ2n) is 6.99. The molecule has 0 atom stereocenters. The number of benzene rings is 1. The Labute approximate surface area is 171 Å². The number of para-hydroxylation sites is 1. The van der Waals surface area contributed by atoms with Crippen LogP contribution in [0.1, 0.15) is 35.0 Å². The maximum atomic E-state index is 12.6. The van der Waals surface area contributed by atoms with Crippen LogP contribution in [0.3, 0.4) is 0 Å². The van der Waals surface area contributed by atoms with E-state index in [1.54, 1.807) is 38.1 Å². The average molecular weight is 434 g/mol. The van der Waals surface area contributed by atoms with Gasteiger partial charge in [0.05, 0.1) is 16.3 Å². The summed E-state index contributed by atoms with van der Waals surface area (Å²) in [6.07, 6.45) is 0.485. The maximum Gasteiger partial charge on any atom is 0.293 e. The Morgan fingerprint density at radius 2 is 2.07 bits per heavy atom. The van der Waals surface area contributed by atoms with Crippen LogP contribution in [0, 0.1) is 0 Å². The minimum absolute atomic E-state index is 0.106. The molecule has 0 saturated heterocycles. The molecule has 0 fully saturated rings. The standard InChI is InChI=1S/C19H19N3O5S2/c1-11(2)29(25,26)22-8-7-13-17(10-22)28-19(20-13)21-18(24)16-9-14(23)12-5-3-4-6-15(12)27-16/h3-6,9,11H,7-8,10H2,1-2H3,(H,20,21,24). The van der Waals surface area contributed by atoms with Crippen LogP contribution in [0.15, 0.2) is 39.5 Å². The minimum atomic E-state index is -3.35. The summed E-state index contributed by atoms with van der Waals surface area (Å²) >= 11 is 1.23. The Bertz CT molecular complexity index is 1260. The molecule has 0 radical (unpaired) electrons. The molecule has 2 aromatic heterocycles. The number of anilines is 1. The normalized spacial score (nSPS) is 14.9. The first-order valence-corrected chi connectivity index (χ1v) is 11.4. The van der Waals surface area contributed by atoms with Gasteiger partial charge >= 0.3 is 0 Å². The molecule has 3 heterocycles. The van der Waals surface area contributed by atoms with E-state index in [1.807, 2.05) is 0 Å². The van der Waals surface area contributed by atoms with Gasteiger partial charge in [0, 0.05) is 30.5 Å². The van der Waals surface area contributed by atoms with Crippen LogP contribution in [0.25, 0.3) is 11.0 Å². The molecule has 0 bridgehead atoms. The molecule has 10 heteroatoms. The van der Waals surface area contributed by atoms with Crippen molar-refractivity contribution < 1.29 is 17.6 Å². The highest BCUT2D eigenvalue weighted by atomic mass is 32.2. The van der Waals surface area contributed by atoms with Crippen LogP contribution in [0.2, 0.25) is 0 Å². The van der Waals surface area contributed by atoms with Crippen LogP contribution >= 0.6 is 11.3 Å². The molecule has 0 saturated carbocycles. The molecule has 1 aliphatic heterocycles. The summed E-state index contributed by atoms with van der Waals surface area (Å²) in [5.74, 6) is -0.684. The molecule has 1 N–H and O–H groups in total. The molecule has 3 aromatic rings. The molecule has 4 rings (SSSR count). The van der Waals surface area contributed by atoms with Crippen molar-refractivity contribution in [3.8, 4) is 0 Å². The Hall–Kier alpha value is -2.56. The molecule has 1 aromatic carbocycles. The predicted molar refractivity (Wildman–Crippen MR) is 111 cm³/mol. The van der Waals surface area contributed by atoms with Gasteiger partial charge in [-0.15, -0.1) is 11.3 Å². The lowest BCUT2D eigenvalue weighted by molar-refractivity contribution is 0.0997. The summed E-state index contributed by atoms with van der Waals surface area (Å²) in [5, 5.41) is 2.91. The quantitative estimate of drug-likeness (QED) is 0.677. The average Bonchev–Trinajstić information content (AvgIpc) is 3.09. The third-order valence-corrected chi connectivity index (χ3v) is 7.95. The van der Waals surface area contributed by atoms with Gasteiger partial charge in [-0.1, -0.05) is 12.1 Å². The molecule has 1 aliphatic rings. The van der Waals surface area contributed by atoms with Crippen molar-refractivity contribution in [1.29, 1.82) is 0 Å². The van der Waals surface area contributed by atoms with Gasteiger partial charge in [-0.25, -0.2) is 13.4 Å². The Kier molecular flexibility index (Phi) is 5.01. The van der Waals surface area contributed by atoms with E-state index in [1.165, 1.54) is 15.6 Å². The van der Waals surface area contributed by atoms with Crippen molar-refractivity contribution in [3.63, 3.8) is 0 Å². The zero-order chi connectivity index (χ0) is 20.8. The van der Waals surface area contributed by atoms with Gasteiger partial charge < -0.3 is 4.42 Å². The zero-order valence-electron chi connectivity index (χ0n) is 15.8. The fourth-order valence-electron chi connectivity index (χ4n) is 3.12. The lowest BCUT2D eigenvalue weighted by Crippen LogP contribution is -2.39. The summed E-state index contributed by atoms with van der Waals surface area (Å²) in [6.45, 7) is 3.92. The van der Waals surface area contributed by atoms with Gasteiger partial charge in [0.25, 0.3) is 5.91 Å². The topological polar surface area (TPSA) is 110 Å². The van der Waals surface area contributed by atoms with E-state index in [9.17, 15) is 18.0 Å². The lowest BCUT2D eigenvalue weighted by Gasteiger charge is -2.26. The molecule has 0 aliphatic carbocycles. The van der Waals surface area contributed by atoms with Crippen LogP contribution in [-0.4, -0.2) is 35.4 Å². The maximum absolute atomic E-state index is 12.6. The first-order valence-electron chi connectivity index (χ1n) is 9.07. The first-order chi connectivity index (χ1) is 13.8. The molecular formula is C19H19N3O5S2. The van der Waals surface area contributed by atoms with E-state index in [0.29, 0.717) is 29.1 Å². The van der Waals surface area contributed by atoms with Crippen molar-refractivity contribution in [2.45, 2.75) is 32.1 Å². The number of nitrogens with zero attached hydrogens (tertiary/aromatic N) is 2. The van der Waals surface area contributed by atoms with Crippen molar-refractivity contribution in [2.24, 2.45) is 0 Å². The fraction of sp³-hybridized carbons (Fsp3) is 0.316. The fourth-order valence-corrected chi connectivity index (χ4v) is 5.47. The largest absolute Gasteiger partial charge is 0.451 e. The Morgan fingerprint density at radius 3 is 2.83 bits per heavy atom. The number of fused-ring (bicyclic) bond motifs is 2. The lowest BCUT2D eigenvalue weighted by atomic mass is 10.2. The Balaban J connectivity index is 1.56. The van der Waals surface area contributed by atoms with Gasteiger partial charge in [-0.05, 0) is 26.0 Å². The number of nitrogens with one attached hydrogen (secondary N) is 1. The highest BCUT2D eigenvalue weighted by Crippen LogP contribution is 2.30. The van der Waals surface area contributed by atoms with Gasteiger partial charge in [0.1, 0.15) is 5.58 Å². The monoisotopic (exact) mass is 433 g/mol. The van der Waals surface area contributed by atoms with Crippen molar-refractivity contribution >= 4 is 43.4 Å². The number of hydrogen-bond donors (Lipinski definition) is 1. The van der Waals surface area contributed by atoms with Crippen molar-refractivity contribution in [1.82, 2.24) is 9.29 Å². The smallest absolute Gasteiger partial charge is 0.293 e. The summed E-state index contributed by atoms with van der Waals surface area (Å²) in [4.78, 5) is 29.9. The van der Waals surface area contributed by atoms with E-state index < -0.39 is 21.2 Å². The number of rotatable bonds is 4. The summed E-state index contributed by atoms with van der Waals surface area (Å²) in [5.41, 5.74) is 0.809. The predicted octanol–water partition coefficient (Wildman–Crippen LogP) is 2.60. The van der Waals surface area contributed by atoms with E-state index in [4.69, 9.17) is 4.42 Å². The van der Waals surface area contributed by atoms with Gasteiger partial charge in [0.2, 0.25) is 10.0 Å². The number of carbonyl (C=O) groups excluding carboxylic acids is 1. The van der Waals surface area contributed by atoms with Crippen molar-refractivity contribution in [2.75, 3.05) is 11.9 Å². The summed E-state index contributed by atoms with van der Waals surface area (Å²) in [7, 11) is -3.35. The molecule has 8 nitrogen and oxygen atoms in total. The first kappa shape index (κ1) is 19.7. The number of sulfonamides is 1. The van der Waals surface area contributed by atoms with Gasteiger partial charge in [-0.2, -0.15) is 4.31 Å².